The summed E-state index contributed by atoms with van der Waals surface area (Å²) in [6.07, 6.45) is 4.90. The van der Waals surface area contributed by atoms with Gasteiger partial charge >= 0.3 is 0 Å². The first-order valence-corrected chi connectivity index (χ1v) is 6.36. The summed E-state index contributed by atoms with van der Waals surface area (Å²) in [5.41, 5.74) is 0.406. The van der Waals surface area contributed by atoms with E-state index < -0.39 is 0 Å². The maximum Gasteiger partial charge on any atom is 0.253 e. The van der Waals surface area contributed by atoms with Crippen molar-refractivity contribution in [3.05, 3.63) is 24.0 Å². The van der Waals surface area contributed by atoms with Gasteiger partial charge in [0, 0.05) is 25.3 Å². The molecule has 1 amide bonds. The first-order chi connectivity index (χ1) is 8.69. The van der Waals surface area contributed by atoms with Crippen molar-refractivity contribution in [2.24, 2.45) is 0 Å². The maximum atomic E-state index is 11.9. The van der Waals surface area contributed by atoms with Gasteiger partial charge in [-0.3, -0.25) is 9.78 Å². The second kappa shape index (κ2) is 5.82. The number of hydrogen-bond acceptors (Lipinski definition) is 4. The van der Waals surface area contributed by atoms with Gasteiger partial charge in [-0.05, 0) is 25.5 Å². The predicted octanol–water partition coefficient (Wildman–Crippen LogP) is 1.00. The molecule has 2 N–H and O–H groups in total. The lowest BCUT2D eigenvalue weighted by Gasteiger charge is -2.15. The lowest BCUT2D eigenvalue weighted by molar-refractivity contribution is 0.0937. The summed E-state index contributed by atoms with van der Waals surface area (Å²) < 4.78 is 0. The second-order valence-corrected chi connectivity index (χ2v) is 4.69. The molecule has 1 unspecified atom stereocenters. The highest BCUT2D eigenvalue weighted by Gasteiger charge is 2.23. The van der Waals surface area contributed by atoms with Crippen LogP contribution in [0.5, 0.6) is 5.75 Å². The lowest BCUT2D eigenvalue weighted by atomic mass is 10.2. The van der Waals surface area contributed by atoms with Crippen LogP contribution in [0.1, 0.15) is 30.1 Å². The number of pyridine rings is 1. The van der Waals surface area contributed by atoms with E-state index in [1.54, 1.807) is 0 Å². The van der Waals surface area contributed by atoms with E-state index in [2.05, 4.69) is 22.1 Å². The largest absolute Gasteiger partial charge is 0.506 e. The summed E-state index contributed by atoms with van der Waals surface area (Å²) in [5, 5.41) is 12.3. The second-order valence-electron chi connectivity index (χ2n) is 4.69. The Morgan fingerprint density at radius 3 is 3.17 bits per heavy atom. The Kier molecular flexibility index (Phi) is 4.15. The number of amides is 1. The number of nitrogens with one attached hydrogen (secondary N) is 1. The Morgan fingerprint density at radius 1 is 1.61 bits per heavy atom. The van der Waals surface area contributed by atoms with Crippen LogP contribution in [0.4, 0.5) is 0 Å². The standard InChI is InChI=1S/C13H19N3O2/c1-2-4-16-5-3-11(9-16)15-13(18)10-6-12(17)8-14-7-10/h6-8,11,17H,2-5,9H2,1H3,(H,15,18). The number of hydrogen-bond donors (Lipinski definition) is 2. The van der Waals surface area contributed by atoms with E-state index >= 15 is 0 Å². The Hall–Kier alpha value is -1.62. The summed E-state index contributed by atoms with van der Waals surface area (Å²) in [7, 11) is 0. The molecule has 0 spiro atoms. The molecule has 0 saturated carbocycles. The van der Waals surface area contributed by atoms with Gasteiger partial charge in [0.05, 0.1) is 11.8 Å². The topological polar surface area (TPSA) is 65.5 Å². The molecule has 0 radical (unpaired) electrons. The third-order valence-corrected chi connectivity index (χ3v) is 3.13. The monoisotopic (exact) mass is 249 g/mol. The zero-order valence-corrected chi connectivity index (χ0v) is 10.6. The predicted molar refractivity (Wildman–Crippen MR) is 68.5 cm³/mol. The Balaban J connectivity index is 1.89. The molecule has 5 nitrogen and oxygen atoms in total. The molecule has 0 bridgehead atoms. The normalized spacial score (nSPS) is 19.9. The van der Waals surface area contributed by atoms with E-state index in [1.165, 1.54) is 18.5 Å². The molecule has 1 aliphatic heterocycles. The SMILES string of the molecule is CCCN1CCC(NC(=O)c2cncc(O)c2)C1. The minimum atomic E-state index is -0.165. The van der Waals surface area contributed by atoms with Gasteiger partial charge in [-0.25, -0.2) is 0 Å². The smallest absolute Gasteiger partial charge is 0.253 e. The fourth-order valence-corrected chi connectivity index (χ4v) is 2.29. The fourth-order valence-electron chi connectivity index (χ4n) is 2.29. The minimum Gasteiger partial charge on any atom is -0.506 e. The molecule has 5 heteroatoms. The van der Waals surface area contributed by atoms with Crippen molar-refractivity contribution in [2.75, 3.05) is 19.6 Å². The molecule has 1 atom stereocenters. The van der Waals surface area contributed by atoms with Crippen LogP contribution in [0, 0.1) is 0 Å². The van der Waals surface area contributed by atoms with Crippen LogP contribution >= 0.6 is 0 Å². The highest BCUT2D eigenvalue weighted by molar-refractivity contribution is 5.94. The summed E-state index contributed by atoms with van der Waals surface area (Å²) in [6.45, 7) is 5.19. The van der Waals surface area contributed by atoms with Crippen LogP contribution in [0.2, 0.25) is 0 Å². The molecular formula is C13H19N3O2. The van der Waals surface area contributed by atoms with Gasteiger partial charge in [0.25, 0.3) is 5.91 Å². The van der Waals surface area contributed by atoms with Crippen molar-refractivity contribution in [3.8, 4) is 5.75 Å². The average Bonchev–Trinajstić information content (AvgIpc) is 2.77. The van der Waals surface area contributed by atoms with Crippen molar-refractivity contribution < 1.29 is 9.90 Å². The molecule has 1 aromatic rings. The third-order valence-electron chi connectivity index (χ3n) is 3.13. The van der Waals surface area contributed by atoms with Crippen LogP contribution < -0.4 is 5.32 Å². The number of aromatic nitrogens is 1. The van der Waals surface area contributed by atoms with Gasteiger partial charge in [-0.2, -0.15) is 0 Å². The minimum absolute atomic E-state index is 0.0154. The molecule has 1 saturated heterocycles. The molecule has 1 fully saturated rings. The molecule has 0 aromatic carbocycles. The molecule has 1 aliphatic rings. The number of nitrogens with zero attached hydrogens (tertiary/aromatic N) is 2. The summed E-state index contributed by atoms with van der Waals surface area (Å²) in [6, 6.07) is 1.63. The maximum absolute atomic E-state index is 11.9. The average molecular weight is 249 g/mol. The van der Waals surface area contributed by atoms with E-state index in [0.717, 1.165) is 32.5 Å². The number of rotatable bonds is 4. The number of likely N-dealkylation sites (tertiary alicyclic amines) is 1. The summed E-state index contributed by atoms with van der Waals surface area (Å²) in [4.78, 5) is 18.1. The van der Waals surface area contributed by atoms with Crippen molar-refractivity contribution in [3.63, 3.8) is 0 Å². The Morgan fingerprint density at radius 2 is 2.44 bits per heavy atom. The van der Waals surface area contributed by atoms with Gasteiger partial charge in [-0.1, -0.05) is 6.92 Å². The van der Waals surface area contributed by atoms with Crippen molar-refractivity contribution in [2.45, 2.75) is 25.8 Å². The zero-order chi connectivity index (χ0) is 13.0. The molecule has 0 aliphatic carbocycles. The number of carbonyl (C=O) groups excluding carboxylic acids is 1. The van der Waals surface area contributed by atoms with Gasteiger partial charge in [0.15, 0.2) is 0 Å². The first kappa shape index (κ1) is 12.8. The quantitative estimate of drug-likeness (QED) is 0.835. The van der Waals surface area contributed by atoms with Crippen LogP contribution in [-0.4, -0.2) is 46.6 Å². The van der Waals surface area contributed by atoms with Gasteiger partial charge in [0.1, 0.15) is 5.75 Å². The molecule has 1 aromatic heterocycles. The van der Waals surface area contributed by atoms with E-state index in [0.29, 0.717) is 5.56 Å². The van der Waals surface area contributed by atoms with Crippen molar-refractivity contribution in [1.29, 1.82) is 0 Å². The van der Waals surface area contributed by atoms with Crippen LogP contribution in [-0.2, 0) is 0 Å². The lowest BCUT2D eigenvalue weighted by Crippen LogP contribution is -2.37. The molecule has 2 heterocycles. The van der Waals surface area contributed by atoms with E-state index in [1.807, 2.05) is 0 Å². The molecule has 98 valence electrons. The highest BCUT2D eigenvalue weighted by atomic mass is 16.3. The summed E-state index contributed by atoms with van der Waals surface area (Å²) >= 11 is 0. The van der Waals surface area contributed by atoms with E-state index in [-0.39, 0.29) is 17.7 Å². The van der Waals surface area contributed by atoms with Crippen LogP contribution in [0.3, 0.4) is 0 Å². The van der Waals surface area contributed by atoms with Gasteiger partial charge in [0.2, 0.25) is 0 Å². The first-order valence-electron chi connectivity index (χ1n) is 6.36. The molecule has 18 heavy (non-hydrogen) atoms. The number of carbonyl (C=O) groups is 1. The van der Waals surface area contributed by atoms with Gasteiger partial charge in [-0.15, -0.1) is 0 Å². The molecular weight excluding hydrogens is 230 g/mol. The van der Waals surface area contributed by atoms with E-state index in [4.69, 9.17) is 0 Å². The fraction of sp³-hybridized carbons (Fsp3) is 0.538. The Bertz CT molecular complexity index is 422. The Labute approximate surface area is 107 Å². The van der Waals surface area contributed by atoms with Crippen LogP contribution in [0.15, 0.2) is 18.5 Å². The summed E-state index contributed by atoms with van der Waals surface area (Å²) in [5.74, 6) is -0.150. The van der Waals surface area contributed by atoms with Crippen molar-refractivity contribution >= 4 is 5.91 Å². The van der Waals surface area contributed by atoms with Crippen molar-refractivity contribution in [1.82, 2.24) is 15.2 Å². The molecule has 2 rings (SSSR count). The zero-order valence-electron chi connectivity index (χ0n) is 10.6. The third kappa shape index (κ3) is 3.20. The highest BCUT2D eigenvalue weighted by Crippen LogP contribution is 2.12. The van der Waals surface area contributed by atoms with E-state index in [9.17, 15) is 9.90 Å². The number of aromatic hydroxyl groups is 1. The van der Waals surface area contributed by atoms with Crippen LogP contribution in [0.25, 0.3) is 0 Å². The van der Waals surface area contributed by atoms with Gasteiger partial charge < -0.3 is 15.3 Å².